The predicted molar refractivity (Wildman–Crippen MR) is 106 cm³/mol. The molecular formula is C21H23FN4O2. The first-order valence-electron chi connectivity index (χ1n) is 8.91. The highest BCUT2D eigenvalue weighted by Crippen LogP contribution is 2.27. The summed E-state index contributed by atoms with van der Waals surface area (Å²) in [6, 6.07) is 9.24. The fourth-order valence-corrected chi connectivity index (χ4v) is 2.78. The monoisotopic (exact) mass is 382 g/mol. The molecule has 1 N–H and O–H groups in total. The third-order valence-electron chi connectivity index (χ3n) is 4.43. The van der Waals surface area contributed by atoms with Gasteiger partial charge in [0.2, 0.25) is 0 Å². The largest absolute Gasteiger partial charge is 0.346 e. The van der Waals surface area contributed by atoms with Gasteiger partial charge in [0.1, 0.15) is 17.3 Å². The molecule has 0 fully saturated rings. The van der Waals surface area contributed by atoms with E-state index in [1.807, 2.05) is 20.8 Å². The molecule has 0 spiro atoms. The number of nitrogens with zero attached hydrogens (tertiary/aromatic N) is 3. The van der Waals surface area contributed by atoms with Crippen molar-refractivity contribution in [1.82, 2.24) is 14.3 Å². The summed E-state index contributed by atoms with van der Waals surface area (Å²) in [4.78, 5) is 24.4. The lowest BCUT2D eigenvalue weighted by Crippen LogP contribution is -2.17. The molecule has 0 saturated carbocycles. The van der Waals surface area contributed by atoms with Crippen LogP contribution < -0.4 is 5.32 Å². The van der Waals surface area contributed by atoms with E-state index in [4.69, 9.17) is 0 Å². The molecule has 3 aromatic rings. The van der Waals surface area contributed by atoms with E-state index >= 15 is 0 Å². The Hall–Kier alpha value is -3.22. The van der Waals surface area contributed by atoms with Crippen molar-refractivity contribution in [2.45, 2.75) is 33.1 Å². The fourth-order valence-electron chi connectivity index (χ4n) is 2.78. The molecule has 0 unspecified atom stereocenters. The second kappa shape index (κ2) is 7.07. The number of halogens is 1. The molecule has 0 radical (unpaired) electrons. The quantitative estimate of drug-likeness (QED) is 0.691. The second-order valence-corrected chi connectivity index (χ2v) is 7.79. The molecule has 6 nitrogen and oxygen atoms in total. The lowest BCUT2D eigenvalue weighted by molar-refractivity contribution is 0.101. The highest BCUT2D eigenvalue weighted by molar-refractivity contribution is 6.05. The van der Waals surface area contributed by atoms with Gasteiger partial charge >= 0.3 is 0 Å². The number of Topliss-reactive ketones (excluding diaryl/α,β-unsaturated/α-hetero) is 1. The van der Waals surface area contributed by atoms with E-state index in [-0.39, 0.29) is 22.9 Å². The molecule has 146 valence electrons. The molecule has 0 aliphatic heterocycles. The molecule has 2 aromatic heterocycles. The maximum Gasteiger partial charge on any atom is 0.273 e. The number of amides is 1. The number of carbonyl (C=O) groups is 2. The van der Waals surface area contributed by atoms with E-state index < -0.39 is 0 Å². The van der Waals surface area contributed by atoms with Crippen LogP contribution >= 0.6 is 0 Å². The summed E-state index contributed by atoms with van der Waals surface area (Å²) in [5.74, 6) is -0.357. The molecule has 1 amide bonds. The fraction of sp³-hybridized carbons (Fsp3) is 0.286. The molecule has 7 heteroatoms. The summed E-state index contributed by atoms with van der Waals surface area (Å²) in [5, 5.41) is 7.46. The van der Waals surface area contributed by atoms with Crippen molar-refractivity contribution in [3.8, 4) is 5.69 Å². The van der Waals surface area contributed by atoms with Gasteiger partial charge in [0.05, 0.1) is 11.4 Å². The van der Waals surface area contributed by atoms with Gasteiger partial charge in [0, 0.05) is 30.3 Å². The molecule has 3 rings (SSSR count). The van der Waals surface area contributed by atoms with Crippen molar-refractivity contribution < 1.29 is 14.0 Å². The van der Waals surface area contributed by atoms with Crippen molar-refractivity contribution in [1.29, 1.82) is 0 Å². The molecule has 0 bridgehead atoms. The molecular weight excluding hydrogens is 359 g/mol. The van der Waals surface area contributed by atoms with Gasteiger partial charge in [0.25, 0.3) is 5.91 Å². The van der Waals surface area contributed by atoms with Crippen molar-refractivity contribution in [3.63, 3.8) is 0 Å². The summed E-state index contributed by atoms with van der Waals surface area (Å²) >= 11 is 0. The normalized spacial score (nSPS) is 11.5. The molecule has 0 atom stereocenters. The molecule has 0 aliphatic rings. The standard InChI is InChI=1S/C21H23FN4O2/c1-13(27)14-10-17(25(5)12-14)20(28)23-19-11-18(21(2,3)4)24-26(19)16-8-6-15(22)7-9-16/h6-12H,1-5H3,(H,23,28). The van der Waals surface area contributed by atoms with E-state index in [0.717, 1.165) is 5.69 Å². The van der Waals surface area contributed by atoms with Crippen molar-refractivity contribution in [3.05, 3.63) is 65.4 Å². The van der Waals surface area contributed by atoms with Crippen LogP contribution in [0, 0.1) is 5.82 Å². The average molecular weight is 382 g/mol. The third kappa shape index (κ3) is 3.88. The third-order valence-corrected chi connectivity index (χ3v) is 4.43. The zero-order chi connectivity index (χ0) is 20.6. The van der Waals surface area contributed by atoms with Crippen LogP contribution in [-0.4, -0.2) is 26.0 Å². The van der Waals surface area contributed by atoms with Crippen LogP contribution in [0.4, 0.5) is 10.2 Å². The Labute approximate surface area is 163 Å². The summed E-state index contributed by atoms with van der Waals surface area (Å²) in [6.07, 6.45) is 1.62. The molecule has 28 heavy (non-hydrogen) atoms. The summed E-state index contributed by atoms with van der Waals surface area (Å²) in [6.45, 7) is 7.51. The second-order valence-electron chi connectivity index (χ2n) is 7.79. The van der Waals surface area contributed by atoms with Gasteiger partial charge in [-0.05, 0) is 37.3 Å². The van der Waals surface area contributed by atoms with Crippen LogP contribution in [-0.2, 0) is 12.5 Å². The number of anilines is 1. The van der Waals surface area contributed by atoms with Crippen LogP contribution in [0.2, 0.25) is 0 Å². The SMILES string of the molecule is CC(=O)c1cc(C(=O)Nc2cc(C(C)(C)C)nn2-c2ccc(F)cc2)n(C)c1. The van der Waals surface area contributed by atoms with Gasteiger partial charge in [-0.2, -0.15) is 5.10 Å². The van der Waals surface area contributed by atoms with Crippen LogP contribution in [0.5, 0.6) is 0 Å². The van der Waals surface area contributed by atoms with Crippen LogP contribution in [0.1, 0.15) is 54.2 Å². The first-order chi connectivity index (χ1) is 13.1. The number of rotatable bonds is 4. The Morgan fingerprint density at radius 2 is 1.75 bits per heavy atom. The maximum atomic E-state index is 13.3. The van der Waals surface area contributed by atoms with Gasteiger partial charge in [-0.3, -0.25) is 9.59 Å². The number of ketones is 1. The smallest absolute Gasteiger partial charge is 0.273 e. The van der Waals surface area contributed by atoms with E-state index in [2.05, 4.69) is 10.4 Å². The minimum absolute atomic E-state index is 0.110. The van der Waals surface area contributed by atoms with Crippen molar-refractivity contribution in [2.75, 3.05) is 5.32 Å². The van der Waals surface area contributed by atoms with Crippen LogP contribution in [0.15, 0.2) is 42.6 Å². The van der Waals surface area contributed by atoms with Crippen molar-refractivity contribution in [2.24, 2.45) is 7.05 Å². The van der Waals surface area contributed by atoms with Crippen LogP contribution in [0.3, 0.4) is 0 Å². The molecule has 0 aliphatic carbocycles. The first-order valence-corrected chi connectivity index (χ1v) is 8.91. The van der Waals surface area contributed by atoms with Crippen LogP contribution in [0.25, 0.3) is 5.69 Å². The number of nitrogens with one attached hydrogen (secondary N) is 1. The number of benzene rings is 1. The minimum atomic E-state index is -0.362. The van der Waals surface area contributed by atoms with E-state index in [9.17, 15) is 14.0 Å². The Morgan fingerprint density at radius 1 is 1.11 bits per heavy atom. The Bertz CT molecular complexity index is 1040. The van der Waals surface area contributed by atoms with E-state index in [1.165, 1.54) is 19.1 Å². The van der Waals surface area contributed by atoms with Gasteiger partial charge in [-0.1, -0.05) is 20.8 Å². The zero-order valence-corrected chi connectivity index (χ0v) is 16.6. The summed E-state index contributed by atoms with van der Waals surface area (Å²) in [7, 11) is 1.71. The van der Waals surface area contributed by atoms with E-state index in [0.29, 0.717) is 22.8 Å². The lowest BCUT2D eigenvalue weighted by atomic mass is 9.92. The Morgan fingerprint density at radius 3 is 2.29 bits per heavy atom. The highest BCUT2D eigenvalue weighted by atomic mass is 19.1. The van der Waals surface area contributed by atoms with Gasteiger partial charge in [-0.15, -0.1) is 0 Å². The first kappa shape index (κ1) is 19.5. The molecule has 0 saturated heterocycles. The number of aryl methyl sites for hydroxylation is 1. The predicted octanol–water partition coefficient (Wildman–Crippen LogP) is 4.10. The highest BCUT2D eigenvalue weighted by Gasteiger charge is 2.23. The molecule has 1 aromatic carbocycles. The number of aromatic nitrogens is 3. The number of hydrogen-bond donors (Lipinski definition) is 1. The van der Waals surface area contributed by atoms with Gasteiger partial charge < -0.3 is 9.88 Å². The maximum absolute atomic E-state index is 13.3. The zero-order valence-electron chi connectivity index (χ0n) is 16.6. The lowest BCUT2D eigenvalue weighted by Gasteiger charge is -2.14. The number of carbonyl (C=O) groups excluding carboxylic acids is 2. The summed E-state index contributed by atoms with van der Waals surface area (Å²) in [5.41, 5.74) is 1.99. The Balaban J connectivity index is 2.00. The summed E-state index contributed by atoms with van der Waals surface area (Å²) < 4.78 is 16.5. The van der Waals surface area contributed by atoms with Gasteiger partial charge in [-0.25, -0.2) is 9.07 Å². The average Bonchev–Trinajstić information content (AvgIpc) is 3.19. The minimum Gasteiger partial charge on any atom is -0.346 e. The van der Waals surface area contributed by atoms with E-state index in [1.54, 1.807) is 46.8 Å². The topological polar surface area (TPSA) is 68.9 Å². The Kier molecular flexibility index (Phi) is 4.93. The van der Waals surface area contributed by atoms with Gasteiger partial charge in [0.15, 0.2) is 5.78 Å². The molecule has 2 heterocycles. The number of hydrogen-bond acceptors (Lipinski definition) is 3. The van der Waals surface area contributed by atoms with Crippen molar-refractivity contribution >= 4 is 17.5 Å².